The number of benzene rings is 2. The predicted octanol–water partition coefficient (Wildman–Crippen LogP) is 3.60. The van der Waals surface area contributed by atoms with Crippen LogP contribution in [-0.4, -0.2) is 19.0 Å². The number of ether oxygens (including phenoxy) is 3. The topological polar surface area (TPSA) is 61.8 Å². The number of esters is 2. The molecule has 130 valence electrons. The summed E-state index contributed by atoms with van der Waals surface area (Å²) in [6.07, 6.45) is -0.975. The second kappa shape index (κ2) is 8.68. The van der Waals surface area contributed by atoms with Gasteiger partial charge in [0.25, 0.3) is 0 Å². The number of carbonyl (C=O) groups excluding carboxylic acids is 2. The molecule has 2 rings (SSSR count). The maximum atomic E-state index is 11.8. The van der Waals surface area contributed by atoms with Crippen LogP contribution in [0.2, 0.25) is 0 Å². The number of para-hydroxylation sites is 1. The molecule has 0 spiro atoms. The van der Waals surface area contributed by atoms with Crippen molar-refractivity contribution in [3.63, 3.8) is 0 Å². The Morgan fingerprint density at radius 1 is 1.04 bits per heavy atom. The maximum Gasteiger partial charge on any atom is 0.337 e. The van der Waals surface area contributed by atoms with Crippen LogP contribution in [0.4, 0.5) is 0 Å². The molecule has 0 aromatic heterocycles. The van der Waals surface area contributed by atoms with Crippen LogP contribution in [0.5, 0.6) is 5.75 Å². The molecule has 25 heavy (non-hydrogen) atoms. The monoisotopic (exact) mass is 340 g/mol. The molecule has 0 radical (unpaired) electrons. The normalized spacial score (nSPS) is 11.3. The van der Waals surface area contributed by atoms with E-state index in [1.54, 1.807) is 24.3 Å². The number of hydrogen-bond acceptors (Lipinski definition) is 5. The molecule has 0 saturated carbocycles. The van der Waals surface area contributed by atoms with Crippen molar-refractivity contribution in [1.29, 1.82) is 0 Å². The summed E-state index contributed by atoms with van der Waals surface area (Å²) in [7, 11) is 1.25. The Hall–Kier alpha value is -3.08. The van der Waals surface area contributed by atoms with Gasteiger partial charge in [0.2, 0.25) is 0 Å². The summed E-state index contributed by atoms with van der Waals surface area (Å²) in [5.74, 6) is -0.681. The molecule has 5 heteroatoms. The van der Waals surface area contributed by atoms with E-state index < -0.39 is 18.0 Å². The lowest BCUT2D eigenvalue weighted by Gasteiger charge is -2.21. The average molecular weight is 340 g/mol. The molecule has 0 amide bonds. The molecule has 2 aromatic carbocycles. The van der Waals surface area contributed by atoms with Crippen LogP contribution in [0, 0.1) is 0 Å². The predicted molar refractivity (Wildman–Crippen MR) is 92.9 cm³/mol. The van der Waals surface area contributed by atoms with E-state index in [2.05, 4.69) is 6.58 Å². The first-order valence-corrected chi connectivity index (χ1v) is 7.73. The van der Waals surface area contributed by atoms with E-state index in [9.17, 15) is 9.59 Å². The van der Waals surface area contributed by atoms with Gasteiger partial charge in [-0.3, -0.25) is 4.79 Å². The highest BCUT2D eigenvalue weighted by Gasteiger charge is 2.27. The fourth-order valence-electron chi connectivity index (χ4n) is 2.29. The second-order valence-corrected chi connectivity index (χ2v) is 5.32. The molecule has 0 aliphatic heterocycles. The molecule has 1 atom stereocenters. The van der Waals surface area contributed by atoms with Gasteiger partial charge in [0.1, 0.15) is 12.4 Å². The van der Waals surface area contributed by atoms with Gasteiger partial charge >= 0.3 is 11.9 Å². The Balaban J connectivity index is 2.29. The molecular weight excluding hydrogens is 320 g/mol. The highest BCUT2D eigenvalue weighted by molar-refractivity contribution is 5.89. The lowest BCUT2D eigenvalue weighted by atomic mass is 10.0. The largest absolute Gasteiger partial charge is 0.488 e. The molecule has 2 aromatic rings. The third-order valence-electron chi connectivity index (χ3n) is 3.49. The Morgan fingerprint density at radius 3 is 2.32 bits per heavy atom. The minimum Gasteiger partial charge on any atom is -0.488 e. The van der Waals surface area contributed by atoms with E-state index in [0.717, 1.165) is 5.56 Å². The van der Waals surface area contributed by atoms with Crippen molar-refractivity contribution in [2.24, 2.45) is 0 Å². The summed E-state index contributed by atoms with van der Waals surface area (Å²) in [5.41, 5.74) is 1.55. The number of carbonyl (C=O) groups is 2. The number of rotatable bonds is 7. The molecule has 1 unspecified atom stereocenters. The van der Waals surface area contributed by atoms with E-state index in [-0.39, 0.29) is 5.57 Å². The number of hydrogen-bond donors (Lipinski definition) is 0. The van der Waals surface area contributed by atoms with Gasteiger partial charge in [-0.25, -0.2) is 4.79 Å². The summed E-state index contributed by atoms with van der Waals surface area (Å²) in [6.45, 7) is 5.32. The zero-order valence-electron chi connectivity index (χ0n) is 14.2. The van der Waals surface area contributed by atoms with Crippen LogP contribution in [-0.2, 0) is 25.7 Å². The Kier molecular flexibility index (Phi) is 6.34. The van der Waals surface area contributed by atoms with E-state index in [4.69, 9.17) is 14.2 Å². The first-order valence-electron chi connectivity index (χ1n) is 7.73. The van der Waals surface area contributed by atoms with Gasteiger partial charge < -0.3 is 14.2 Å². The first-order chi connectivity index (χ1) is 12.0. The van der Waals surface area contributed by atoms with Crippen LogP contribution >= 0.6 is 0 Å². The Morgan fingerprint density at radius 2 is 1.68 bits per heavy atom. The minimum absolute atomic E-state index is 0.0217. The Bertz CT molecular complexity index is 752. The molecule has 0 N–H and O–H groups in total. The van der Waals surface area contributed by atoms with Crippen molar-refractivity contribution in [3.05, 3.63) is 77.9 Å². The molecule has 0 bridgehead atoms. The van der Waals surface area contributed by atoms with Gasteiger partial charge in [-0.1, -0.05) is 55.1 Å². The third-order valence-corrected chi connectivity index (χ3v) is 3.49. The molecule has 0 heterocycles. The van der Waals surface area contributed by atoms with E-state index in [1.165, 1.54) is 14.0 Å². The fourth-order valence-corrected chi connectivity index (χ4v) is 2.29. The molecule has 0 fully saturated rings. The van der Waals surface area contributed by atoms with Crippen LogP contribution < -0.4 is 4.74 Å². The summed E-state index contributed by atoms with van der Waals surface area (Å²) in [4.78, 5) is 23.3. The van der Waals surface area contributed by atoms with Crippen LogP contribution in [0.3, 0.4) is 0 Å². The molecule has 0 saturated heterocycles. The summed E-state index contributed by atoms with van der Waals surface area (Å²) in [5, 5.41) is 0. The summed E-state index contributed by atoms with van der Waals surface area (Å²) in [6, 6.07) is 16.7. The van der Waals surface area contributed by atoms with Gasteiger partial charge in [0, 0.05) is 12.5 Å². The average Bonchev–Trinajstić information content (AvgIpc) is 2.64. The standard InChI is InChI=1S/C20H20O5/c1-14(20(22)23-3)19(25-15(2)21)17-11-7-8-12-18(17)24-13-16-9-5-4-6-10-16/h4-12,19H,1,13H2,2-3H3. The van der Waals surface area contributed by atoms with Crippen molar-refractivity contribution >= 4 is 11.9 Å². The first kappa shape index (κ1) is 18.3. The van der Waals surface area contributed by atoms with Crippen LogP contribution in [0.1, 0.15) is 24.2 Å². The zero-order chi connectivity index (χ0) is 18.2. The third kappa shape index (κ3) is 4.94. The molecule has 0 aliphatic carbocycles. The van der Waals surface area contributed by atoms with Gasteiger partial charge in [-0.05, 0) is 11.6 Å². The van der Waals surface area contributed by atoms with Gasteiger partial charge in [0.15, 0.2) is 6.10 Å². The van der Waals surface area contributed by atoms with Crippen molar-refractivity contribution < 1.29 is 23.8 Å². The highest BCUT2D eigenvalue weighted by Crippen LogP contribution is 2.33. The summed E-state index contributed by atoms with van der Waals surface area (Å²) >= 11 is 0. The SMILES string of the molecule is C=C(C(=O)OC)C(OC(C)=O)c1ccccc1OCc1ccccc1. The van der Waals surface area contributed by atoms with Gasteiger partial charge in [-0.15, -0.1) is 0 Å². The van der Waals surface area contributed by atoms with Crippen molar-refractivity contribution in [2.75, 3.05) is 7.11 Å². The smallest absolute Gasteiger partial charge is 0.337 e. The van der Waals surface area contributed by atoms with Crippen molar-refractivity contribution in [2.45, 2.75) is 19.6 Å². The van der Waals surface area contributed by atoms with Gasteiger partial charge in [0.05, 0.1) is 12.7 Å². The minimum atomic E-state index is -0.975. The number of methoxy groups -OCH3 is 1. The molecule has 0 aliphatic rings. The molecular formula is C20H20O5. The zero-order valence-corrected chi connectivity index (χ0v) is 14.2. The maximum absolute atomic E-state index is 11.8. The molecule has 5 nitrogen and oxygen atoms in total. The summed E-state index contributed by atoms with van der Waals surface area (Å²) < 4.78 is 15.9. The lowest BCUT2D eigenvalue weighted by Crippen LogP contribution is -2.18. The highest BCUT2D eigenvalue weighted by atomic mass is 16.6. The van der Waals surface area contributed by atoms with E-state index in [0.29, 0.717) is 17.9 Å². The van der Waals surface area contributed by atoms with Crippen molar-refractivity contribution in [3.8, 4) is 5.75 Å². The van der Waals surface area contributed by atoms with Crippen LogP contribution in [0.15, 0.2) is 66.7 Å². The van der Waals surface area contributed by atoms with Crippen LogP contribution in [0.25, 0.3) is 0 Å². The second-order valence-electron chi connectivity index (χ2n) is 5.32. The Labute approximate surface area is 146 Å². The van der Waals surface area contributed by atoms with E-state index >= 15 is 0 Å². The fraction of sp³-hybridized carbons (Fsp3) is 0.200. The van der Waals surface area contributed by atoms with Crippen molar-refractivity contribution in [1.82, 2.24) is 0 Å². The van der Waals surface area contributed by atoms with Gasteiger partial charge in [-0.2, -0.15) is 0 Å². The quantitative estimate of drug-likeness (QED) is 0.569. The van der Waals surface area contributed by atoms with E-state index in [1.807, 2.05) is 30.3 Å². The lowest BCUT2D eigenvalue weighted by molar-refractivity contribution is -0.147.